The molecule has 0 saturated heterocycles. The second kappa shape index (κ2) is 7.17. The minimum Gasteiger partial charge on any atom is -0.493 e. The average Bonchev–Trinajstić information content (AvgIpc) is 2.34. The maximum absolute atomic E-state index is 8.69. The number of amidine groups is 1. The zero-order valence-corrected chi connectivity index (χ0v) is 11.4. The van der Waals surface area contributed by atoms with Gasteiger partial charge in [0.15, 0.2) is 5.84 Å². The van der Waals surface area contributed by atoms with Crippen molar-refractivity contribution in [1.29, 1.82) is 0 Å². The van der Waals surface area contributed by atoms with Crippen molar-refractivity contribution in [2.24, 2.45) is 10.9 Å². The summed E-state index contributed by atoms with van der Waals surface area (Å²) in [5, 5.41) is 11.7. The third kappa shape index (κ3) is 4.26. The molecule has 3 N–H and O–H groups in total. The number of hydrogen-bond acceptors (Lipinski definition) is 3. The van der Waals surface area contributed by atoms with Crippen LogP contribution in [0, 0.1) is 0 Å². The van der Waals surface area contributed by atoms with Crippen molar-refractivity contribution in [2.45, 2.75) is 26.2 Å². The van der Waals surface area contributed by atoms with Gasteiger partial charge in [0.25, 0.3) is 0 Å². The molecule has 0 spiro atoms. The fourth-order valence-corrected chi connectivity index (χ4v) is 1.76. The Hall–Kier alpha value is -1.23. The number of halogens is 1. The topological polar surface area (TPSA) is 67.8 Å². The van der Waals surface area contributed by atoms with Gasteiger partial charge < -0.3 is 15.7 Å². The van der Waals surface area contributed by atoms with E-state index in [1.54, 1.807) is 6.07 Å². The summed E-state index contributed by atoms with van der Waals surface area (Å²) in [5.41, 5.74) is 6.18. The molecule has 0 aliphatic rings. The number of rotatable bonds is 6. The van der Waals surface area contributed by atoms with E-state index in [9.17, 15) is 0 Å². The Morgan fingerprint density at radius 3 is 2.88 bits per heavy atom. The summed E-state index contributed by atoms with van der Waals surface area (Å²) in [6.07, 6.45) is 3.28. The van der Waals surface area contributed by atoms with Gasteiger partial charge in [-0.2, -0.15) is 0 Å². The Morgan fingerprint density at radius 1 is 1.47 bits per heavy atom. The number of nitrogens with zero attached hydrogens (tertiary/aromatic N) is 1. The van der Waals surface area contributed by atoms with Crippen molar-refractivity contribution in [1.82, 2.24) is 0 Å². The van der Waals surface area contributed by atoms with Crippen molar-refractivity contribution in [3.63, 3.8) is 0 Å². The van der Waals surface area contributed by atoms with E-state index in [0.717, 1.165) is 23.7 Å². The molecule has 1 rings (SSSR count). The Morgan fingerprint density at radius 2 is 2.24 bits per heavy atom. The van der Waals surface area contributed by atoms with E-state index in [-0.39, 0.29) is 5.84 Å². The Bertz CT molecular complexity index is 394. The molecule has 5 heteroatoms. The fraction of sp³-hybridized carbons (Fsp3) is 0.417. The van der Waals surface area contributed by atoms with Gasteiger partial charge in [0, 0.05) is 4.47 Å². The van der Waals surface area contributed by atoms with Crippen molar-refractivity contribution >= 4 is 21.8 Å². The normalized spacial score (nSPS) is 11.5. The zero-order chi connectivity index (χ0) is 12.7. The number of ether oxygens (including phenoxy) is 1. The predicted octanol–water partition coefficient (Wildman–Crippen LogP) is 3.11. The SMILES string of the molecule is CCCCCOc1cc(Br)ccc1/C(N)=N/O. The molecule has 0 fully saturated rings. The van der Waals surface area contributed by atoms with Crippen LogP contribution in [0.1, 0.15) is 31.7 Å². The molecular weight excluding hydrogens is 284 g/mol. The first-order chi connectivity index (χ1) is 8.19. The second-order valence-electron chi connectivity index (χ2n) is 3.68. The van der Waals surface area contributed by atoms with E-state index >= 15 is 0 Å². The molecule has 0 unspecified atom stereocenters. The number of oxime groups is 1. The highest BCUT2D eigenvalue weighted by Gasteiger charge is 2.08. The number of benzene rings is 1. The van der Waals surface area contributed by atoms with E-state index in [1.165, 1.54) is 0 Å². The lowest BCUT2D eigenvalue weighted by molar-refractivity contribution is 0.303. The Kier molecular flexibility index (Phi) is 5.83. The monoisotopic (exact) mass is 300 g/mol. The minimum absolute atomic E-state index is 0.0583. The molecule has 0 heterocycles. The third-order valence-electron chi connectivity index (χ3n) is 2.33. The van der Waals surface area contributed by atoms with E-state index in [1.807, 2.05) is 12.1 Å². The minimum atomic E-state index is 0.0583. The molecule has 4 nitrogen and oxygen atoms in total. The summed E-state index contributed by atoms with van der Waals surface area (Å²) in [6.45, 7) is 2.77. The van der Waals surface area contributed by atoms with Crippen molar-refractivity contribution in [2.75, 3.05) is 6.61 Å². The van der Waals surface area contributed by atoms with Gasteiger partial charge in [-0.25, -0.2) is 0 Å². The lowest BCUT2D eigenvalue weighted by Gasteiger charge is -2.10. The Balaban J connectivity index is 2.77. The quantitative estimate of drug-likeness (QED) is 0.279. The fourth-order valence-electron chi connectivity index (χ4n) is 1.42. The number of hydrogen-bond donors (Lipinski definition) is 2. The number of nitrogens with two attached hydrogens (primary N) is 1. The van der Waals surface area contributed by atoms with Crippen LogP contribution in [0.25, 0.3) is 0 Å². The van der Waals surface area contributed by atoms with Gasteiger partial charge in [-0.3, -0.25) is 0 Å². The lowest BCUT2D eigenvalue weighted by Crippen LogP contribution is -2.15. The third-order valence-corrected chi connectivity index (χ3v) is 2.83. The molecule has 1 aromatic carbocycles. The first kappa shape index (κ1) is 13.8. The molecule has 0 aliphatic heterocycles. The Labute approximate surface area is 110 Å². The summed E-state index contributed by atoms with van der Waals surface area (Å²) >= 11 is 3.37. The van der Waals surface area contributed by atoms with Crippen LogP contribution >= 0.6 is 15.9 Å². The summed E-state index contributed by atoms with van der Waals surface area (Å²) in [6, 6.07) is 5.40. The smallest absolute Gasteiger partial charge is 0.173 e. The van der Waals surface area contributed by atoms with Crippen LogP contribution in [-0.2, 0) is 0 Å². The van der Waals surface area contributed by atoms with Crippen LogP contribution < -0.4 is 10.5 Å². The van der Waals surface area contributed by atoms with Gasteiger partial charge in [0.1, 0.15) is 5.75 Å². The molecule has 1 aromatic rings. The van der Waals surface area contributed by atoms with E-state index in [4.69, 9.17) is 15.7 Å². The largest absolute Gasteiger partial charge is 0.493 e. The van der Waals surface area contributed by atoms with Crippen LogP contribution in [0.15, 0.2) is 27.8 Å². The molecule has 94 valence electrons. The van der Waals surface area contributed by atoms with Crippen LogP contribution in [0.5, 0.6) is 5.75 Å². The molecule has 0 radical (unpaired) electrons. The summed E-state index contributed by atoms with van der Waals surface area (Å²) in [4.78, 5) is 0. The summed E-state index contributed by atoms with van der Waals surface area (Å²) < 4.78 is 6.54. The molecule has 0 atom stereocenters. The van der Waals surface area contributed by atoms with Gasteiger partial charge in [0.2, 0.25) is 0 Å². The zero-order valence-electron chi connectivity index (χ0n) is 9.82. The average molecular weight is 301 g/mol. The summed E-state index contributed by atoms with van der Waals surface area (Å²) in [7, 11) is 0. The second-order valence-corrected chi connectivity index (χ2v) is 4.60. The van der Waals surface area contributed by atoms with Crippen molar-refractivity contribution < 1.29 is 9.94 Å². The van der Waals surface area contributed by atoms with Crippen molar-refractivity contribution in [3.8, 4) is 5.75 Å². The summed E-state index contributed by atoms with van der Waals surface area (Å²) in [5.74, 6) is 0.689. The van der Waals surface area contributed by atoms with Gasteiger partial charge in [-0.05, 0) is 24.6 Å². The molecule has 17 heavy (non-hydrogen) atoms. The van der Waals surface area contributed by atoms with Gasteiger partial charge in [-0.1, -0.05) is 40.9 Å². The van der Waals surface area contributed by atoms with Crippen molar-refractivity contribution in [3.05, 3.63) is 28.2 Å². The molecule has 0 saturated carbocycles. The first-order valence-corrected chi connectivity index (χ1v) is 6.38. The molecule has 0 amide bonds. The lowest BCUT2D eigenvalue weighted by atomic mass is 10.2. The van der Waals surface area contributed by atoms with E-state index < -0.39 is 0 Å². The molecule has 0 bridgehead atoms. The molecule has 0 aromatic heterocycles. The van der Waals surface area contributed by atoms with Crippen LogP contribution in [0.2, 0.25) is 0 Å². The van der Waals surface area contributed by atoms with Crippen LogP contribution in [0.4, 0.5) is 0 Å². The number of unbranched alkanes of at least 4 members (excludes halogenated alkanes) is 2. The van der Waals surface area contributed by atoms with Crippen LogP contribution in [0.3, 0.4) is 0 Å². The van der Waals surface area contributed by atoms with Crippen LogP contribution in [-0.4, -0.2) is 17.6 Å². The molecular formula is C12H17BrN2O2. The maximum Gasteiger partial charge on any atom is 0.173 e. The molecule has 0 aliphatic carbocycles. The van der Waals surface area contributed by atoms with Gasteiger partial charge in [-0.15, -0.1) is 0 Å². The predicted molar refractivity (Wildman–Crippen MR) is 71.7 cm³/mol. The highest BCUT2D eigenvalue weighted by molar-refractivity contribution is 9.10. The standard InChI is InChI=1S/C12H17BrN2O2/c1-2-3-4-7-17-11-8-9(13)5-6-10(11)12(14)15-16/h5-6,8,16H,2-4,7H2,1H3,(H2,14,15). The highest BCUT2D eigenvalue weighted by atomic mass is 79.9. The van der Waals surface area contributed by atoms with E-state index in [2.05, 4.69) is 28.0 Å². The highest BCUT2D eigenvalue weighted by Crippen LogP contribution is 2.24. The first-order valence-electron chi connectivity index (χ1n) is 5.59. The maximum atomic E-state index is 8.69. The van der Waals surface area contributed by atoms with Gasteiger partial charge >= 0.3 is 0 Å². The van der Waals surface area contributed by atoms with E-state index in [0.29, 0.717) is 17.9 Å². The van der Waals surface area contributed by atoms with Gasteiger partial charge in [0.05, 0.1) is 12.2 Å².